The van der Waals surface area contributed by atoms with Crippen molar-refractivity contribution in [3.05, 3.63) is 29.3 Å². The van der Waals surface area contributed by atoms with Gasteiger partial charge in [0, 0.05) is 24.8 Å². The van der Waals surface area contributed by atoms with Crippen LogP contribution in [0.2, 0.25) is 5.02 Å². The third kappa shape index (κ3) is 2.36. The molecule has 0 aliphatic carbocycles. The maximum Gasteiger partial charge on any atom is 0.195 e. The van der Waals surface area contributed by atoms with Crippen molar-refractivity contribution in [3.63, 3.8) is 0 Å². The van der Waals surface area contributed by atoms with E-state index >= 15 is 0 Å². The first-order chi connectivity index (χ1) is 6.15. The number of hydrogen-bond donors (Lipinski definition) is 1. The number of halogens is 1. The largest absolute Gasteiger partial charge is 0.370 e. The van der Waals surface area contributed by atoms with Gasteiger partial charge in [-0.1, -0.05) is 17.7 Å². The molecule has 0 aliphatic heterocycles. The molecule has 0 aromatic heterocycles. The summed E-state index contributed by atoms with van der Waals surface area (Å²) in [6.45, 7) is 0. The highest BCUT2D eigenvalue weighted by atomic mass is 35.5. The molecule has 0 spiro atoms. The van der Waals surface area contributed by atoms with Gasteiger partial charge in [0.2, 0.25) is 0 Å². The van der Waals surface area contributed by atoms with Crippen LogP contribution in [0.1, 0.15) is 0 Å². The molecule has 13 heavy (non-hydrogen) atoms. The molecule has 0 saturated carbocycles. The first kappa shape index (κ1) is 9.86. The van der Waals surface area contributed by atoms with Crippen LogP contribution < -0.4 is 10.6 Å². The first-order valence-electron chi connectivity index (χ1n) is 3.86. The topological polar surface area (TPSA) is 41.6 Å². The highest BCUT2D eigenvalue weighted by molar-refractivity contribution is 6.30. The average molecular weight is 198 g/mol. The van der Waals surface area contributed by atoms with Gasteiger partial charge in [-0.15, -0.1) is 0 Å². The van der Waals surface area contributed by atoms with Gasteiger partial charge in [0.15, 0.2) is 5.96 Å². The zero-order valence-electron chi connectivity index (χ0n) is 7.66. The number of anilines is 1. The Morgan fingerprint density at radius 3 is 2.77 bits per heavy atom. The predicted octanol–water partition coefficient (Wildman–Crippen LogP) is 1.72. The summed E-state index contributed by atoms with van der Waals surface area (Å²) in [5.41, 5.74) is 6.56. The van der Waals surface area contributed by atoms with Crippen LogP contribution in [0.25, 0.3) is 0 Å². The van der Waals surface area contributed by atoms with Gasteiger partial charge in [0.05, 0.1) is 0 Å². The minimum absolute atomic E-state index is 0.460. The second kappa shape index (κ2) is 4.14. The molecule has 3 nitrogen and oxygen atoms in total. The summed E-state index contributed by atoms with van der Waals surface area (Å²) in [7, 11) is 3.49. The van der Waals surface area contributed by atoms with E-state index in [-0.39, 0.29) is 0 Å². The van der Waals surface area contributed by atoms with Crippen LogP contribution in [-0.4, -0.2) is 20.1 Å². The van der Waals surface area contributed by atoms with Crippen molar-refractivity contribution in [2.45, 2.75) is 0 Å². The maximum atomic E-state index is 5.83. The van der Waals surface area contributed by atoms with E-state index in [4.69, 9.17) is 17.3 Å². The summed E-state index contributed by atoms with van der Waals surface area (Å²) in [4.78, 5) is 5.64. The highest BCUT2D eigenvalue weighted by Gasteiger charge is 2.03. The Morgan fingerprint density at radius 1 is 1.54 bits per heavy atom. The summed E-state index contributed by atoms with van der Waals surface area (Å²) in [6.07, 6.45) is 0. The Hall–Kier alpha value is -1.22. The first-order valence-corrected chi connectivity index (χ1v) is 4.24. The lowest BCUT2D eigenvalue weighted by Crippen LogP contribution is -2.33. The number of nitrogens with zero attached hydrogens (tertiary/aromatic N) is 2. The molecule has 1 aromatic carbocycles. The van der Waals surface area contributed by atoms with Gasteiger partial charge in [-0.25, -0.2) is 0 Å². The average Bonchev–Trinajstić information content (AvgIpc) is 2.15. The lowest BCUT2D eigenvalue weighted by atomic mass is 10.3. The Balaban J connectivity index is 2.95. The molecule has 70 valence electrons. The van der Waals surface area contributed by atoms with Crippen molar-refractivity contribution in [1.29, 1.82) is 0 Å². The van der Waals surface area contributed by atoms with Gasteiger partial charge in [-0.05, 0) is 18.2 Å². The number of hydrogen-bond acceptors (Lipinski definition) is 1. The highest BCUT2D eigenvalue weighted by Crippen LogP contribution is 2.17. The third-order valence-electron chi connectivity index (χ3n) is 1.77. The Bertz CT molecular complexity index is 322. The van der Waals surface area contributed by atoms with Crippen molar-refractivity contribution in [1.82, 2.24) is 0 Å². The Morgan fingerprint density at radius 2 is 2.23 bits per heavy atom. The lowest BCUT2D eigenvalue weighted by Gasteiger charge is -2.17. The van der Waals surface area contributed by atoms with Crippen LogP contribution in [0.15, 0.2) is 29.3 Å². The number of nitrogens with two attached hydrogens (primary N) is 1. The number of rotatable bonds is 1. The van der Waals surface area contributed by atoms with Crippen molar-refractivity contribution < 1.29 is 0 Å². The van der Waals surface area contributed by atoms with Crippen LogP contribution in [0, 0.1) is 0 Å². The molecule has 0 radical (unpaired) electrons. The van der Waals surface area contributed by atoms with E-state index in [0.29, 0.717) is 11.0 Å². The van der Waals surface area contributed by atoms with E-state index in [0.717, 1.165) is 5.69 Å². The fourth-order valence-corrected chi connectivity index (χ4v) is 1.15. The summed E-state index contributed by atoms with van der Waals surface area (Å²) in [6, 6.07) is 7.44. The summed E-state index contributed by atoms with van der Waals surface area (Å²) in [5, 5.41) is 0.688. The van der Waals surface area contributed by atoms with Gasteiger partial charge in [-0.2, -0.15) is 0 Å². The Labute approximate surface area is 82.8 Å². The standard InChI is InChI=1S/C9H12ClN3/c1-12-9(11)13(2)8-5-3-4-7(10)6-8/h3-6H,1-2H3,(H2,11,12). The maximum absolute atomic E-state index is 5.83. The molecule has 0 bridgehead atoms. The third-order valence-corrected chi connectivity index (χ3v) is 2.00. The second-order valence-electron chi connectivity index (χ2n) is 2.62. The van der Waals surface area contributed by atoms with Gasteiger partial charge >= 0.3 is 0 Å². The van der Waals surface area contributed by atoms with Crippen LogP contribution in [0.3, 0.4) is 0 Å². The molecular formula is C9H12ClN3. The lowest BCUT2D eigenvalue weighted by molar-refractivity contribution is 1.20. The van der Waals surface area contributed by atoms with Gasteiger partial charge in [-0.3, -0.25) is 4.99 Å². The van der Waals surface area contributed by atoms with E-state index in [1.54, 1.807) is 11.9 Å². The molecule has 1 rings (SSSR count). The van der Waals surface area contributed by atoms with Crippen molar-refractivity contribution in [2.75, 3.05) is 19.0 Å². The predicted molar refractivity (Wildman–Crippen MR) is 57.4 cm³/mol. The fourth-order valence-electron chi connectivity index (χ4n) is 0.967. The zero-order valence-corrected chi connectivity index (χ0v) is 8.42. The summed E-state index contributed by atoms with van der Waals surface area (Å²) in [5.74, 6) is 0.460. The molecule has 0 atom stereocenters. The van der Waals surface area contributed by atoms with E-state index in [1.807, 2.05) is 31.3 Å². The van der Waals surface area contributed by atoms with E-state index in [9.17, 15) is 0 Å². The van der Waals surface area contributed by atoms with Gasteiger partial charge < -0.3 is 10.6 Å². The number of guanidine groups is 1. The molecule has 0 aliphatic rings. The monoisotopic (exact) mass is 197 g/mol. The van der Waals surface area contributed by atoms with Crippen molar-refractivity contribution >= 4 is 23.2 Å². The summed E-state index contributed by atoms with van der Waals surface area (Å²) >= 11 is 5.83. The van der Waals surface area contributed by atoms with Crippen LogP contribution in [0.4, 0.5) is 5.69 Å². The number of benzene rings is 1. The molecule has 4 heteroatoms. The quantitative estimate of drug-likeness (QED) is 0.550. The minimum Gasteiger partial charge on any atom is -0.370 e. The number of aliphatic imine (C=N–C) groups is 1. The molecule has 0 unspecified atom stereocenters. The minimum atomic E-state index is 0.460. The van der Waals surface area contributed by atoms with Crippen LogP contribution in [-0.2, 0) is 0 Å². The van der Waals surface area contributed by atoms with Crippen LogP contribution >= 0.6 is 11.6 Å². The second-order valence-corrected chi connectivity index (χ2v) is 3.06. The molecule has 2 N–H and O–H groups in total. The molecule has 1 aromatic rings. The Kier molecular flexibility index (Phi) is 3.14. The van der Waals surface area contributed by atoms with E-state index in [2.05, 4.69) is 4.99 Å². The van der Waals surface area contributed by atoms with Crippen LogP contribution in [0.5, 0.6) is 0 Å². The van der Waals surface area contributed by atoms with E-state index < -0.39 is 0 Å². The van der Waals surface area contributed by atoms with E-state index in [1.165, 1.54) is 0 Å². The van der Waals surface area contributed by atoms with Gasteiger partial charge in [0.1, 0.15) is 0 Å². The van der Waals surface area contributed by atoms with Crippen molar-refractivity contribution in [2.24, 2.45) is 10.7 Å². The SMILES string of the molecule is CN=C(N)N(C)c1cccc(Cl)c1. The molecule has 0 amide bonds. The van der Waals surface area contributed by atoms with Gasteiger partial charge in [0.25, 0.3) is 0 Å². The normalized spacial score (nSPS) is 11.5. The zero-order chi connectivity index (χ0) is 9.84. The smallest absolute Gasteiger partial charge is 0.195 e. The van der Waals surface area contributed by atoms with Crippen molar-refractivity contribution in [3.8, 4) is 0 Å². The molecule has 0 fully saturated rings. The molecule has 0 saturated heterocycles. The fraction of sp³-hybridized carbons (Fsp3) is 0.222. The molecule has 0 heterocycles. The summed E-state index contributed by atoms with van der Waals surface area (Å²) < 4.78 is 0. The molecular weight excluding hydrogens is 186 g/mol.